The van der Waals surface area contributed by atoms with E-state index in [1.807, 2.05) is 12.4 Å². The number of hydrogen-bond donors (Lipinski definition) is 1. The molecule has 0 bridgehead atoms. The Morgan fingerprint density at radius 1 is 1.50 bits per heavy atom. The van der Waals surface area contributed by atoms with Crippen LogP contribution < -0.4 is 10.6 Å². The van der Waals surface area contributed by atoms with Gasteiger partial charge in [-0.15, -0.1) is 0 Å². The molecule has 3 nitrogen and oxygen atoms in total. The lowest BCUT2D eigenvalue weighted by Gasteiger charge is -2.26. The van der Waals surface area contributed by atoms with E-state index in [9.17, 15) is 0 Å². The Bertz CT molecular complexity index is 334. The molecule has 88 valence electrons. The first-order valence-corrected chi connectivity index (χ1v) is 6.23. The first-order chi connectivity index (χ1) is 7.85. The van der Waals surface area contributed by atoms with E-state index in [-0.39, 0.29) is 0 Å². The number of rotatable bonds is 6. The van der Waals surface area contributed by atoms with Gasteiger partial charge in [0.2, 0.25) is 0 Å². The van der Waals surface area contributed by atoms with E-state index in [4.69, 9.17) is 5.73 Å². The van der Waals surface area contributed by atoms with Gasteiger partial charge < -0.3 is 10.6 Å². The summed E-state index contributed by atoms with van der Waals surface area (Å²) in [6.45, 7) is 5.11. The van der Waals surface area contributed by atoms with Crippen LogP contribution in [0.3, 0.4) is 0 Å². The minimum atomic E-state index is 0.577. The van der Waals surface area contributed by atoms with Crippen molar-refractivity contribution in [2.45, 2.75) is 32.7 Å². The number of hydrogen-bond acceptors (Lipinski definition) is 3. The third-order valence-corrected chi connectivity index (χ3v) is 3.11. The molecule has 2 rings (SSSR count). The summed E-state index contributed by atoms with van der Waals surface area (Å²) in [6.07, 6.45) is 7.72. The minimum Gasteiger partial charge on any atom is -0.371 e. The third-order valence-electron chi connectivity index (χ3n) is 3.11. The highest BCUT2D eigenvalue weighted by Gasteiger charge is 2.24. The van der Waals surface area contributed by atoms with Crippen LogP contribution in [0.25, 0.3) is 0 Å². The molecular weight excluding hydrogens is 198 g/mol. The highest BCUT2D eigenvalue weighted by molar-refractivity contribution is 5.52. The first-order valence-electron chi connectivity index (χ1n) is 6.23. The van der Waals surface area contributed by atoms with E-state index in [0.29, 0.717) is 6.54 Å². The van der Waals surface area contributed by atoms with Gasteiger partial charge in [0.15, 0.2) is 0 Å². The van der Waals surface area contributed by atoms with Crippen molar-refractivity contribution in [3.8, 4) is 0 Å². The van der Waals surface area contributed by atoms with E-state index < -0.39 is 0 Å². The fourth-order valence-corrected chi connectivity index (χ4v) is 2.08. The molecular formula is C13H21N3. The van der Waals surface area contributed by atoms with Gasteiger partial charge in [0.1, 0.15) is 0 Å². The quantitative estimate of drug-likeness (QED) is 0.797. The monoisotopic (exact) mass is 219 g/mol. The molecule has 0 amide bonds. The largest absolute Gasteiger partial charge is 0.371 e. The van der Waals surface area contributed by atoms with Gasteiger partial charge in [-0.2, -0.15) is 0 Å². The lowest BCUT2D eigenvalue weighted by atomic mass is 10.2. The standard InChI is InChI=1S/C13H21N3/c1-2-7-16(10-11-3-4-11)13-5-6-15-9-12(13)8-14/h5-6,9,11H,2-4,7-8,10,14H2,1H3. The predicted molar refractivity (Wildman–Crippen MR) is 67.4 cm³/mol. The zero-order chi connectivity index (χ0) is 11.4. The van der Waals surface area contributed by atoms with Gasteiger partial charge in [-0.25, -0.2) is 0 Å². The summed E-state index contributed by atoms with van der Waals surface area (Å²) in [5, 5.41) is 0. The van der Waals surface area contributed by atoms with E-state index >= 15 is 0 Å². The van der Waals surface area contributed by atoms with Crippen molar-refractivity contribution < 1.29 is 0 Å². The van der Waals surface area contributed by atoms with Crippen molar-refractivity contribution in [1.29, 1.82) is 0 Å². The number of nitrogens with two attached hydrogens (primary N) is 1. The Morgan fingerprint density at radius 3 is 2.94 bits per heavy atom. The minimum absolute atomic E-state index is 0.577. The summed E-state index contributed by atoms with van der Waals surface area (Å²) in [5.41, 5.74) is 8.21. The van der Waals surface area contributed by atoms with Crippen molar-refractivity contribution in [2.75, 3.05) is 18.0 Å². The predicted octanol–water partition coefficient (Wildman–Crippen LogP) is 2.17. The van der Waals surface area contributed by atoms with Gasteiger partial charge in [0.25, 0.3) is 0 Å². The second kappa shape index (κ2) is 5.30. The summed E-state index contributed by atoms with van der Waals surface area (Å²) in [5.74, 6) is 0.908. The lowest BCUT2D eigenvalue weighted by molar-refractivity contribution is 0.703. The Morgan fingerprint density at radius 2 is 2.31 bits per heavy atom. The third kappa shape index (κ3) is 2.73. The maximum Gasteiger partial charge on any atom is 0.0442 e. The average molecular weight is 219 g/mol. The van der Waals surface area contributed by atoms with E-state index in [1.165, 1.54) is 31.5 Å². The highest BCUT2D eigenvalue weighted by atomic mass is 15.1. The van der Waals surface area contributed by atoms with Crippen LogP contribution in [-0.2, 0) is 6.54 Å². The molecule has 1 aromatic rings. The van der Waals surface area contributed by atoms with Crippen LogP contribution in [0.1, 0.15) is 31.7 Å². The Labute approximate surface area is 97.7 Å². The SMILES string of the molecule is CCCN(CC1CC1)c1ccncc1CN. The van der Waals surface area contributed by atoms with Crippen molar-refractivity contribution >= 4 is 5.69 Å². The zero-order valence-electron chi connectivity index (χ0n) is 10.0. The fraction of sp³-hybridized carbons (Fsp3) is 0.615. The van der Waals surface area contributed by atoms with Gasteiger partial charge in [-0.05, 0) is 31.2 Å². The molecule has 0 atom stereocenters. The summed E-state index contributed by atoms with van der Waals surface area (Å²) in [4.78, 5) is 6.62. The number of aromatic nitrogens is 1. The van der Waals surface area contributed by atoms with Gasteiger partial charge in [0.05, 0.1) is 0 Å². The summed E-state index contributed by atoms with van der Waals surface area (Å²) in [7, 11) is 0. The molecule has 1 saturated carbocycles. The Balaban J connectivity index is 2.14. The van der Waals surface area contributed by atoms with Crippen molar-refractivity contribution in [1.82, 2.24) is 4.98 Å². The lowest BCUT2D eigenvalue weighted by Crippen LogP contribution is -2.28. The molecule has 0 aromatic carbocycles. The molecule has 0 radical (unpaired) electrons. The van der Waals surface area contributed by atoms with E-state index in [1.54, 1.807) is 0 Å². The Kier molecular flexibility index (Phi) is 3.78. The highest BCUT2D eigenvalue weighted by Crippen LogP contribution is 2.32. The summed E-state index contributed by atoms with van der Waals surface area (Å²) >= 11 is 0. The molecule has 1 fully saturated rings. The van der Waals surface area contributed by atoms with Crippen molar-refractivity contribution in [3.05, 3.63) is 24.0 Å². The molecule has 2 N–H and O–H groups in total. The van der Waals surface area contributed by atoms with Gasteiger partial charge in [0, 0.05) is 43.3 Å². The van der Waals surface area contributed by atoms with Crippen LogP contribution in [0.4, 0.5) is 5.69 Å². The molecule has 1 heterocycles. The molecule has 1 aliphatic rings. The van der Waals surface area contributed by atoms with Gasteiger partial charge >= 0.3 is 0 Å². The molecule has 0 aliphatic heterocycles. The van der Waals surface area contributed by atoms with Crippen LogP contribution in [0.15, 0.2) is 18.5 Å². The maximum atomic E-state index is 5.76. The van der Waals surface area contributed by atoms with E-state index in [0.717, 1.165) is 18.0 Å². The summed E-state index contributed by atoms with van der Waals surface area (Å²) in [6, 6.07) is 2.10. The van der Waals surface area contributed by atoms with Crippen molar-refractivity contribution in [2.24, 2.45) is 11.7 Å². The molecule has 1 aliphatic carbocycles. The topological polar surface area (TPSA) is 42.2 Å². The van der Waals surface area contributed by atoms with Gasteiger partial charge in [-0.1, -0.05) is 6.92 Å². The number of pyridine rings is 1. The Hall–Kier alpha value is -1.09. The van der Waals surface area contributed by atoms with Gasteiger partial charge in [-0.3, -0.25) is 4.98 Å². The van der Waals surface area contributed by atoms with Crippen LogP contribution in [0.5, 0.6) is 0 Å². The van der Waals surface area contributed by atoms with Crippen LogP contribution in [0, 0.1) is 5.92 Å². The number of anilines is 1. The summed E-state index contributed by atoms with van der Waals surface area (Å²) < 4.78 is 0. The van der Waals surface area contributed by atoms with Crippen LogP contribution in [0.2, 0.25) is 0 Å². The van der Waals surface area contributed by atoms with Crippen LogP contribution in [-0.4, -0.2) is 18.1 Å². The second-order valence-corrected chi connectivity index (χ2v) is 4.60. The van der Waals surface area contributed by atoms with E-state index in [2.05, 4.69) is 22.9 Å². The zero-order valence-corrected chi connectivity index (χ0v) is 10.0. The maximum absolute atomic E-state index is 5.76. The second-order valence-electron chi connectivity index (χ2n) is 4.60. The van der Waals surface area contributed by atoms with Crippen LogP contribution >= 0.6 is 0 Å². The fourth-order valence-electron chi connectivity index (χ4n) is 2.08. The average Bonchev–Trinajstić information content (AvgIpc) is 3.12. The van der Waals surface area contributed by atoms with Crippen molar-refractivity contribution in [3.63, 3.8) is 0 Å². The smallest absolute Gasteiger partial charge is 0.0442 e. The first kappa shape index (κ1) is 11.4. The molecule has 0 saturated heterocycles. The molecule has 0 unspecified atom stereocenters. The molecule has 3 heteroatoms. The molecule has 16 heavy (non-hydrogen) atoms. The number of nitrogens with zero attached hydrogens (tertiary/aromatic N) is 2. The molecule has 1 aromatic heterocycles. The molecule has 0 spiro atoms. The normalized spacial score (nSPS) is 15.1.